The fourth-order valence-electron chi connectivity index (χ4n) is 4.67. The average Bonchev–Trinajstić information content (AvgIpc) is 3.30. The summed E-state index contributed by atoms with van der Waals surface area (Å²) >= 11 is 0. The van der Waals surface area contributed by atoms with Crippen LogP contribution in [0.15, 0.2) is 95.4 Å². The minimum atomic E-state index is -1.15. The van der Waals surface area contributed by atoms with Crippen molar-refractivity contribution < 1.29 is 19.1 Å². The number of oxazole rings is 1. The highest BCUT2D eigenvalue weighted by Crippen LogP contribution is 2.42. The fourth-order valence-corrected chi connectivity index (χ4v) is 4.67. The molecule has 0 saturated carbocycles. The van der Waals surface area contributed by atoms with E-state index in [4.69, 9.17) is 14.1 Å². The van der Waals surface area contributed by atoms with E-state index in [1.807, 2.05) is 78.9 Å². The number of hydrogen-bond acceptors (Lipinski definition) is 5. The van der Waals surface area contributed by atoms with Gasteiger partial charge >= 0.3 is 5.97 Å². The van der Waals surface area contributed by atoms with Crippen LogP contribution in [0.1, 0.15) is 37.6 Å². The Balaban J connectivity index is 1.55. The second-order valence-corrected chi connectivity index (χ2v) is 8.89. The quantitative estimate of drug-likeness (QED) is 0.261. The minimum Gasteiger partial charge on any atom is -0.436 e. The maximum atomic E-state index is 11.9. The molecule has 0 amide bonds. The molecule has 4 aromatic rings. The minimum absolute atomic E-state index is 0.359. The molecule has 5 rings (SSSR count). The van der Waals surface area contributed by atoms with Gasteiger partial charge in [0.25, 0.3) is 0 Å². The largest absolute Gasteiger partial charge is 0.436 e. The maximum absolute atomic E-state index is 11.9. The third kappa shape index (κ3) is 4.96. The monoisotopic (exact) mass is 465 g/mol. The lowest BCUT2D eigenvalue weighted by Gasteiger charge is -2.32. The van der Waals surface area contributed by atoms with E-state index in [2.05, 4.69) is 0 Å². The molecule has 3 aromatic carbocycles. The lowest BCUT2D eigenvalue weighted by atomic mass is 9.78. The Labute approximate surface area is 204 Å². The molecule has 1 aromatic heterocycles. The van der Waals surface area contributed by atoms with Crippen molar-refractivity contribution in [2.45, 2.75) is 38.2 Å². The second-order valence-electron chi connectivity index (χ2n) is 8.89. The number of aliphatic hydroxyl groups is 1. The van der Waals surface area contributed by atoms with Crippen LogP contribution in [0.4, 0.5) is 0 Å². The van der Waals surface area contributed by atoms with Crippen LogP contribution in [0.2, 0.25) is 0 Å². The van der Waals surface area contributed by atoms with Gasteiger partial charge in [0.1, 0.15) is 11.4 Å². The van der Waals surface area contributed by atoms with Crippen molar-refractivity contribution in [2.24, 2.45) is 0 Å². The van der Waals surface area contributed by atoms with Crippen LogP contribution in [0.5, 0.6) is 5.75 Å². The second kappa shape index (κ2) is 9.72. The van der Waals surface area contributed by atoms with E-state index in [9.17, 15) is 9.90 Å². The fraction of sp³-hybridized carbons (Fsp3) is 0.200. The van der Waals surface area contributed by atoms with Crippen LogP contribution < -0.4 is 4.74 Å². The lowest BCUT2D eigenvalue weighted by Crippen LogP contribution is -2.35. The van der Waals surface area contributed by atoms with Crippen molar-refractivity contribution in [3.8, 4) is 28.3 Å². The topological polar surface area (TPSA) is 72.6 Å². The molecule has 0 fully saturated rings. The van der Waals surface area contributed by atoms with Gasteiger partial charge in [0.15, 0.2) is 5.76 Å². The highest BCUT2D eigenvalue weighted by molar-refractivity contribution is 5.80. The van der Waals surface area contributed by atoms with Crippen molar-refractivity contribution in [1.82, 2.24) is 4.98 Å². The Hall–Kier alpha value is -3.96. The van der Waals surface area contributed by atoms with Gasteiger partial charge in [0, 0.05) is 30.0 Å². The van der Waals surface area contributed by atoms with Crippen LogP contribution in [-0.4, -0.2) is 21.7 Å². The normalized spacial score (nSPS) is 17.6. The number of hydrogen-bond donors (Lipinski definition) is 1. The smallest absolute Gasteiger partial charge is 0.308 e. The zero-order valence-corrected chi connectivity index (χ0v) is 19.6. The molecule has 0 radical (unpaired) electrons. The third-order valence-electron chi connectivity index (χ3n) is 6.24. The van der Waals surface area contributed by atoms with Gasteiger partial charge in [-0.25, -0.2) is 4.98 Å². The Kier molecular flexibility index (Phi) is 6.34. The van der Waals surface area contributed by atoms with Crippen LogP contribution in [-0.2, 0) is 11.2 Å². The maximum Gasteiger partial charge on any atom is 0.308 e. The van der Waals surface area contributed by atoms with Gasteiger partial charge in [-0.3, -0.25) is 4.79 Å². The van der Waals surface area contributed by atoms with Gasteiger partial charge in [-0.2, -0.15) is 0 Å². The van der Waals surface area contributed by atoms with Crippen molar-refractivity contribution in [3.63, 3.8) is 0 Å². The van der Waals surface area contributed by atoms with Crippen LogP contribution in [0.3, 0.4) is 0 Å². The predicted octanol–water partition coefficient (Wildman–Crippen LogP) is 6.48. The number of nitrogens with zero attached hydrogens (tertiary/aromatic N) is 1. The molecule has 0 spiro atoms. The van der Waals surface area contributed by atoms with Gasteiger partial charge in [-0.05, 0) is 37.0 Å². The highest BCUT2D eigenvalue weighted by atomic mass is 16.5. The zero-order valence-electron chi connectivity index (χ0n) is 19.6. The molecule has 1 heterocycles. The Morgan fingerprint density at radius 3 is 2.43 bits per heavy atom. The molecule has 176 valence electrons. The molecular weight excluding hydrogens is 438 g/mol. The molecule has 0 bridgehead atoms. The number of allylic oxidation sites excluding steroid dienone is 1. The van der Waals surface area contributed by atoms with Gasteiger partial charge in [0.2, 0.25) is 5.89 Å². The summed E-state index contributed by atoms with van der Waals surface area (Å²) in [6.07, 6.45) is 4.68. The number of aromatic nitrogens is 1. The first-order valence-corrected chi connectivity index (χ1v) is 11.8. The summed E-state index contributed by atoms with van der Waals surface area (Å²) in [6, 6.07) is 27.1. The summed E-state index contributed by atoms with van der Waals surface area (Å²) in [5, 5.41) is 11.9. The Morgan fingerprint density at radius 1 is 1.00 bits per heavy atom. The predicted molar refractivity (Wildman–Crippen MR) is 136 cm³/mol. The highest BCUT2D eigenvalue weighted by Gasteiger charge is 2.38. The van der Waals surface area contributed by atoms with Crippen LogP contribution >= 0.6 is 0 Å². The van der Waals surface area contributed by atoms with Crippen molar-refractivity contribution in [1.29, 1.82) is 0 Å². The molecule has 35 heavy (non-hydrogen) atoms. The standard InChI is InChI=1S/C30H27NO4/c1-21(32)34-25-16-10-11-22(19-25)20-30(33)18-9-8-17-26(30)29-31-27(23-12-4-2-5-13-23)28(35-29)24-14-6-3-7-15-24/h2-7,10-17,19,33H,8-9,18,20H2,1H3. The molecule has 1 unspecified atom stereocenters. The first kappa shape index (κ1) is 22.8. The van der Waals surface area contributed by atoms with Crippen molar-refractivity contribution in [3.05, 3.63) is 102 Å². The number of rotatable bonds is 6. The van der Waals surface area contributed by atoms with E-state index in [0.717, 1.165) is 35.2 Å². The van der Waals surface area contributed by atoms with E-state index in [1.165, 1.54) is 6.92 Å². The van der Waals surface area contributed by atoms with Gasteiger partial charge in [0.05, 0.1) is 5.60 Å². The molecule has 5 heteroatoms. The van der Waals surface area contributed by atoms with E-state index in [-0.39, 0.29) is 5.97 Å². The molecule has 1 aliphatic rings. The summed E-state index contributed by atoms with van der Waals surface area (Å²) in [5.74, 6) is 1.20. The summed E-state index contributed by atoms with van der Waals surface area (Å²) in [6.45, 7) is 1.37. The van der Waals surface area contributed by atoms with Crippen LogP contribution in [0.25, 0.3) is 28.2 Å². The molecular formula is C30H27NO4. The Bertz CT molecular complexity index is 1300. The van der Waals surface area contributed by atoms with E-state index in [0.29, 0.717) is 35.8 Å². The molecule has 0 saturated heterocycles. The van der Waals surface area contributed by atoms with E-state index >= 15 is 0 Å². The Morgan fingerprint density at radius 2 is 1.71 bits per heavy atom. The average molecular weight is 466 g/mol. The van der Waals surface area contributed by atoms with E-state index in [1.54, 1.807) is 12.1 Å². The lowest BCUT2D eigenvalue weighted by molar-refractivity contribution is -0.131. The third-order valence-corrected chi connectivity index (χ3v) is 6.24. The van der Waals surface area contributed by atoms with E-state index < -0.39 is 5.60 Å². The summed E-state index contributed by atoms with van der Waals surface area (Å²) in [5.41, 5.74) is 3.05. The summed E-state index contributed by atoms with van der Waals surface area (Å²) in [7, 11) is 0. The number of ether oxygens (including phenoxy) is 1. The summed E-state index contributed by atoms with van der Waals surface area (Å²) in [4.78, 5) is 16.3. The van der Waals surface area contributed by atoms with Gasteiger partial charge < -0.3 is 14.3 Å². The first-order chi connectivity index (χ1) is 17.0. The number of carbonyl (C=O) groups excluding carboxylic acids is 1. The molecule has 1 atom stereocenters. The first-order valence-electron chi connectivity index (χ1n) is 11.8. The van der Waals surface area contributed by atoms with Crippen molar-refractivity contribution >= 4 is 11.5 Å². The number of carbonyl (C=O) groups is 1. The molecule has 0 aliphatic heterocycles. The van der Waals surface area contributed by atoms with Crippen molar-refractivity contribution in [2.75, 3.05) is 0 Å². The van der Waals surface area contributed by atoms with Gasteiger partial charge in [-0.15, -0.1) is 0 Å². The van der Waals surface area contributed by atoms with Crippen LogP contribution in [0, 0.1) is 0 Å². The zero-order chi connectivity index (χ0) is 24.3. The number of esters is 1. The van der Waals surface area contributed by atoms with Gasteiger partial charge in [-0.1, -0.05) is 78.9 Å². The molecule has 5 nitrogen and oxygen atoms in total. The molecule has 1 aliphatic carbocycles. The summed E-state index contributed by atoms with van der Waals surface area (Å²) < 4.78 is 11.6. The number of benzene rings is 3. The SMILES string of the molecule is CC(=O)Oc1cccc(CC2(O)CCCC=C2c2nc(-c3ccccc3)c(-c3ccccc3)o2)c1. The molecule has 1 N–H and O–H groups in total.